The fourth-order valence-electron chi connectivity index (χ4n) is 2.94. The van der Waals surface area contributed by atoms with Crippen LogP contribution in [0.1, 0.15) is 28.0 Å². The Hall–Kier alpha value is -2.07. The number of aryl methyl sites for hydroxylation is 1. The zero-order valence-electron chi connectivity index (χ0n) is 14.3. The topological polar surface area (TPSA) is 98.5 Å². The summed E-state index contributed by atoms with van der Waals surface area (Å²) in [5.41, 5.74) is 9.17. The lowest BCUT2D eigenvalue weighted by Crippen LogP contribution is -2.12. The Labute approximate surface area is 177 Å². The van der Waals surface area contributed by atoms with E-state index in [1.165, 1.54) is 0 Å². The van der Waals surface area contributed by atoms with Crippen molar-refractivity contribution < 1.29 is 19.1 Å². The molecule has 1 aromatic carbocycles. The van der Waals surface area contributed by atoms with Gasteiger partial charge in [-0.2, -0.15) is 0 Å². The van der Waals surface area contributed by atoms with Crippen LogP contribution in [0.5, 0.6) is 0 Å². The van der Waals surface area contributed by atoms with E-state index in [1.54, 1.807) is 18.2 Å². The third-order valence-electron chi connectivity index (χ3n) is 4.17. The highest BCUT2D eigenvalue weighted by molar-refractivity contribution is 14.1. The van der Waals surface area contributed by atoms with Gasteiger partial charge in [0.15, 0.2) is 10.4 Å². The first kappa shape index (κ1) is 19.7. The van der Waals surface area contributed by atoms with Gasteiger partial charge in [-0.1, -0.05) is 0 Å². The van der Waals surface area contributed by atoms with Crippen molar-refractivity contribution in [1.29, 1.82) is 0 Å². The number of aromatic nitrogens is 1. The van der Waals surface area contributed by atoms with Crippen molar-refractivity contribution in [2.45, 2.75) is 19.8 Å². The van der Waals surface area contributed by atoms with Crippen LogP contribution in [0.25, 0.3) is 17.1 Å². The summed E-state index contributed by atoms with van der Waals surface area (Å²) < 4.78 is 9.26. The minimum absolute atomic E-state index is 0.0136. The van der Waals surface area contributed by atoms with E-state index in [9.17, 15) is 9.59 Å². The molecule has 0 aliphatic heterocycles. The molecule has 0 bridgehead atoms. The van der Waals surface area contributed by atoms with Crippen LogP contribution in [0.15, 0.2) is 45.5 Å². The second-order valence-electron chi connectivity index (χ2n) is 6.02. The largest absolute Gasteiger partial charge is 0.481 e. The Kier molecular flexibility index (Phi) is 5.75. The molecule has 0 spiro atoms. The Morgan fingerprint density at radius 2 is 2.00 bits per heavy atom. The van der Waals surface area contributed by atoms with Gasteiger partial charge in [0.05, 0.1) is 12.1 Å². The molecule has 8 heteroatoms. The third-order valence-corrected chi connectivity index (χ3v) is 5.53. The van der Waals surface area contributed by atoms with E-state index in [4.69, 9.17) is 15.3 Å². The quantitative estimate of drug-likeness (QED) is 0.447. The maximum absolute atomic E-state index is 11.5. The summed E-state index contributed by atoms with van der Waals surface area (Å²) in [5.74, 6) is -0.700. The maximum Gasteiger partial charge on any atom is 0.303 e. The van der Waals surface area contributed by atoms with Crippen molar-refractivity contribution in [1.82, 2.24) is 4.57 Å². The molecular weight excluding hydrogens is 527 g/mol. The maximum atomic E-state index is 11.5. The van der Waals surface area contributed by atoms with Gasteiger partial charge >= 0.3 is 5.97 Å². The van der Waals surface area contributed by atoms with Gasteiger partial charge in [-0.15, -0.1) is 0 Å². The first-order valence-corrected chi connectivity index (χ1v) is 9.93. The van der Waals surface area contributed by atoms with Crippen LogP contribution in [-0.2, 0) is 11.2 Å². The zero-order valence-corrected chi connectivity index (χ0v) is 18.1. The van der Waals surface area contributed by atoms with Crippen molar-refractivity contribution in [2.24, 2.45) is 5.73 Å². The van der Waals surface area contributed by atoms with Crippen LogP contribution in [0, 0.1) is 10.5 Å². The van der Waals surface area contributed by atoms with Crippen LogP contribution in [0.4, 0.5) is 0 Å². The molecule has 0 saturated heterocycles. The lowest BCUT2D eigenvalue weighted by atomic mass is 10.1. The Bertz CT molecular complexity index is 1040. The summed E-state index contributed by atoms with van der Waals surface area (Å²) in [5, 5.41) is 9.12. The molecule has 3 aromatic rings. The molecule has 27 heavy (non-hydrogen) atoms. The number of carboxylic acids is 1. The number of carboxylic acid groups (broad SMARTS) is 1. The van der Waals surface area contributed by atoms with E-state index in [-0.39, 0.29) is 6.42 Å². The predicted octanol–water partition coefficient (Wildman–Crippen LogP) is 4.53. The standard InChI is InChI=1S/C19H16BrIN2O4/c1-10-8-11(19(22)26)2-3-13(10)23-14(4-7-18(24)25)12(21)9-15(23)16-5-6-17(20)27-16/h2-3,5-6,8-9H,4,7H2,1H3,(H2,22,26)(H,24,25). The van der Waals surface area contributed by atoms with Gasteiger partial charge in [-0.25, -0.2) is 0 Å². The average molecular weight is 543 g/mol. The molecule has 3 rings (SSSR count). The predicted molar refractivity (Wildman–Crippen MR) is 113 cm³/mol. The third kappa shape index (κ3) is 4.11. The number of carbonyl (C=O) groups is 2. The monoisotopic (exact) mass is 542 g/mol. The number of aliphatic carboxylic acids is 1. The number of hydrogen-bond acceptors (Lipinski definition) is 3. The molecule has 6 nitrogen and oxygen atoms in total. The Morgan fingerprint density at radius 1 is 1.26 bits per heavy atom. The number of rotatable bonds is 6. The SMILES string of the molecule is Cc1cc(C(N)=O)ccc1-n1c(-c2ccc(Br)o2)cc(I)c1CCC(=O)O. The summed E-state index contributed by atoms with van der Waals surface area (Å²) in [4.78, 5) is 22.6. The molecule has 3 N–H and O–H groups in total. The van der Waals surface area contributed by atoms with Crippen LogP contribution >= 0.6 is 38.5 Å². The van der Waals surface area contributed by atoms with E-state index < -0.39 is 11.9 Å². The molecule has 2 heterocycles. The highest BCUT2D eigenvalue weighted by atomic mass is 127. The molecule has 0 saturated carbocycles. The molecule has 1 amide bonds. The molecule has 2 aromatic heterocycles. The molecule has 0 radical (unpaired) electrons. The number of nitrogens with zero attached hydrogens (tertiary/aromatic N) is 1. The lowest BCUT2D eigenvalue weighted by molar-refractivity contribution is -0.136. The van der Waals surface area contributed by atoms with Crippen LogP contribution in [0.2, 0.25) is 0 Å². The highest BCUT2D eigenvalue weighted by Gasteiger charge is 2.20. The van der Waals surface area contributed by atoms with Gasteiger partial charge in [-0.05, 0) is 93.8 Å². The van der Waals surface area contributed by atoms with Gasteiger partial charge in [0.25, 0.3) is 0 Å². The molecule has 0 aliphatic rings. The zero-order chi connectivity index (χ0) is 19.7. The Morgan fingerprint density at radius 3 is 2.56 bits per heavy atom. The summed E-state index contributed by atoms with van der Waals surface area (Å²) >= 11 is 5.52. The van der Waals surface area contributed by atoms with Gasteiger partial charge in [0.2, 0.25) is 5.91 Å². The number of benzene rings is 1. The minimum atomic E-state index is -0.860. The number of furan rings is 1. The van der Waals surface area contributed by atoms with E-state index in [0.29, 0.717) is 22.4 Å². The molecule has 0 fully saturated rings. The lowest BCUT2D eigenvalue weighted by Gasteiger charge is -2.16. The van der Waals surface area contributed by atoms with Crippen molar-refractivity contribution in [3.63, 3.8) is 0 Å². The normalized spacial score (nSPS) is 10.9. The van der Waals surface area contributed by atoms with Gasteiger partial charge < -0.3 is 19.8 Å². The number of carbonyl (C=O) groups excluding carboxylic acids is 1. The van der Waals surface area contributed by atoms with Crippen molar-refractivity contribution in [2.75, 3.05) is 0 Å². The molecule has 140 valence electrons. The molecule has 0 unspecified atom stereocenters. The summed E-state index contributed by atoms with van der Waals surface area (Å²) in [6.07, 6.45) is 0.381. The minimum Gasteiger partial charge on any atom is -0.481 e. The second kappa shape index (κ2) is 7.89. The highest BCUT2D eigenvalue weighted by Crippen LogP contribution is 2.34. The van der Waals surface area contributed by atoms with Crippen molar-refractivity contribution >= 4 is 50.4 Å². The number of hydrogen-bond donors (Lipinski definition) is 2. The smallest absolute Gasteiger partial charge is 0.303 e. The van der Waals surface area contributed by atoms with Gasteiger partial charge in [0, 0.05) is 20.5 Å². The second-order valence-corrected chi connectivity index (χ2v) is 7.97. The van der Waals surface area contributed by atoms with E-state index in [0.717, 1.165) is 26.2 Å². The van der Waals surface area contributed by atoms with Crippen molar-refractivity contribution in [3.8, 4) is 17.1 Å². The average Bonchev–Trinajstić information content (AvgIpc) is 3.16. The number of primary amides is 1. The van der Waals surface area contributed by atoms with E-state index in [1.807, 2.05) is 29.7 Å². The molecular formula is C19H16BrIN2O4. The first-order chi connectivity index (χ1) is 12.8. The summed E-state index contributed by atoms with van der Waals surface area (Å²) in [6.45, 7) is 1.89. The number of nitrogens with two attached hydrogens (primary N) is 1. The molecule has 0 atom stereocenters. The first-order valence-electron chi connectivity index (χ1n) is 8.06. The fourth-order valence-corrected chi connectivity index (χ4v) is 4.06. The number of amides is 1. The summed E-state index contributed by atoms with van der Waals surface area (Å²) in [7, 11) is 0. The number of halogens is 2. The van der Waals surface area contributed by atoms with Gasteiger partial charge in [-0.3, -0.25) is 9.59 Å². The van der Waals surface area contributed by atoms with Gasteiger partial charge in [0.1, 0.15) is 0 Å². The van der Waals surface area contributed by atoms with Crippen LogP contribution < -0.4 is 5.73 Å². The van der Waals surface area contributed by atoms with E-state index >= 15 is 0 Å². The van der Waals surface area contributed by atoms with Crippen molar-refractivity contribution in [3.05, 3.63) is 61.5 Å². The van der Waals surface area contributed by atoms with Crippen LogP contribution in [-0.4, -0.2) is 21.6 Å². The Balaban J connectivity index is 2.22. The fraction of sp³-hybridized carbons (Fsp3) is 0.158. The van der Waals surface area contributed by atoms with E-state index in [2.05, 4.69) is 38.5 Å². The molecule has 0 aliphatic carbocycles. The van der Waals surface area contributed by atoms with Crippen LogP contribution in [0.3, 0.4) is 0 Å². The summed E-state index contributed by atoms with van der Waals surface area (Å²) in [6, 6.07) is 10.8.